The van der Waals surface area contributed by atoms with Crippen LogP contribution in [0.15, 0.2) is 42.9 Å². The van der Waals surface area contributed by atoms with Crippen molar-refractivity contribution in [2.24, 2.45) is 0 Å². The number of anilines is 1. The van der Waals surface area contributed by atoms with Crippen LogP contribution >= 0.6 is 11.6 Å². The van der Waals surface area contributed by atoms with Crippen molar-refractivity contribution in [2.75, 3.05) is 5.48 Å². The minimum atomic E-state index is -0.572. The number of aromatic nitrogens is 3. The van der Waals surface area contributed by atoms with Crippen LogP contribution in [0.3, 0.4) is 0 Å². The van der Waals surface area contributed by atoms with E-state index in [1.807, 2.05) is 13.0 Å². The Balaban J connectivity index is 1.75. The van der Waals surface area contributed by atoms with E-state index in [0.29, 0.717) is 16.4 Å². The second kappa shape index (κ2) is 5.41. The van der Waals surface area contributed by atoms with Gasteiger partial charge >= 0.3 is 5.97 Å². The zero-order valence-corrected chi connectivity index (χ0v) is 11.8. The molecule has 2 aromatic heterocycles. The van der Waals surface area contributed by atoms with E-state index in [9.17, 15) is 4.79 Å². The molecule has 0 bridgehead atoms. The third-order valence-corrected chi connectivity index (χ3v) is 3.19. The summed E-state index contributed by atoms with van der Waals surface area (Å²) in [5, 5.41) is 4.48. The summed E-state index contributed by atoms with van der Waals surface area (Å²) in [6.07, 6.45) is 4.57. The van der Waals surface area contributed by atoms with Crippen molar-refractivity contribution < 1.29 is 9.63 Å². The number of benzene rings is 1. The van der Waals surface area contributed by atoms with Crippen molar-refractivity contribution in [1.82, 2.24) is 14.6 Å². The molecule has 3 rings (SSSR count). The Labute approximate surface area is 125 Å². The minimum absolute atomic E-state index is 0.280. The summed E-state index contributed by atoms with van der Waals surface area (Å²) in [4.78, 5) is 21.1. The number of aryl methyl sites for hydroxylation is 1. The van der Waals surface area contributed by atoms with Crippen LogP contribution < -0.4 is 5.48 Å². The molecular formula is C14H11ClN4O2. The van der Waals surface area contributed by atoms with Crippen molar-refractivity contribution >= 4 is 28.9 Å². The fourth-order valence-electron chi connectivity index (χ4n) is 1.79. The van der Waals surface area contributed by atoms with Crippen LogP contribution in [0.1, 0.15) is 15.9 Å². The lowest BCUT2D eigenvalue weighted by molar-refractivity contribution is 0.0595. The maximum Gasteiger partial charge on any atom is 0.365 e. The van der Waals surface area contributed by atoms with E-state index in [4.69, 9.17) is 16.4 Å². The number of nitrogens with one attached hydrogen (secondary N) is 1. The average molecular weight is 303 g/mol. The van der Waals surface area contributed by atoms with Crippen LogP contribution in [0.2, 0.25) is 5.02 Å². The molecule has 7 heteroatoms. The van der Waals surface area contributed by atoms with E-state index in [1.54, 1.807) is 30.6 Å². The highest BCUT2D eigenvalue weighted by Crippen LogP contribution is 2.22. The molecule has 21 heavy (non-hydrogen) atoms. The van der Waals surface area contributed by atoms with Crippen molar-refractivity contribution in [3.8, 4) is 0 Å². The van der Waals surface area contributed by atoms with Gasteiger partial charge in [0.1, 0.15) is 0 Å². The van der Waals surface area contributed by atoms with Crippen molar-refractivity contribution in [3.63, 3.8) is 0 Å². The quantitative estimate of drug-likeness (QED) is 0.753. The summed E-state index contributed by atoms with van der Waals surface area (Å²) in [5.74, 6) is -0.572. The molecule has 0 radical (unpaired) electrons. The number of fused-ring (bicyclic) bond motifs is 1. The Bertz CT molecular complexity index is 816. The van der Waals surface area contributed by atoms with E-state index >= 15 is 0 Å². The molecule has 0 atom stereocenters. The molecule has 1 N–H and O–H groups in total. The predicted molar refractivity (Wildman–Crippen MR) is 78.2 cm³/mol. The standard InChI is InChI=1S/C14H11ClN4O2/c1-9-2-3-11(15)12(6-9)18-21-14(20)10-7-16-13-4-5-17-19(13)8-10/h2-8,18H,1H3. The van der Waals surface area contributed by atoms with Crippen molar-refractivity contribution in [1.29, 1.82) is 0 Å². The molecule has 0 aliphatic rings. The number of hydrogen-bond donors (Lipinski definition) is 1. The summed E-state index contributed by atoms with van der Waals surface area (Å²) in [6.45, 7) is 1.92. The number of hydrogen-bond acceptors (Lipinski definition) is 5. The van der Waals surface area contributed by atoms with Gasteiger partial charge in [-0.25, -0.2) is 19.8 Å². The molecular weight excluding hydrogens is 292 g/mol. The van der Waals surface area contributed by atoms with Crippen LogP contribution in [-0.4, -0.2) is 20.6 Å². The minimum Gasteiger partial charge on any atom is -0.338 e. The molecule has 0 spiro atoms. The second-order valence-corrected chi connectivity index (χ2v) is 4.86. The number of carbonyl (C=O) groups excluding carboxylic acids is 1. The summed E-state index contributed by atoms with van der Waals surface area (Å²) < 4.78 is 1.50. The average Bonchev–Trinajstić information content (AvgIpc) is 2.95. The van der Waals surface area contributed by atoms with Crippen molar-refractivity contribution in [2.45, 2.75) is 6.92 Å². The third-order valence-electron chi connectivity index (χ3n) is 2.86. The molecule has 3 aromatic rings. The molecule has 106 valence electrons. The molecule has 1 aromatic carbocycles. The van der Waals surface area contributed by atoms with Gasteiger partial charge in [0.2, 0.25) is 0 Å². The molecule has 0 saturated heterocycles. The summed E-state index contributed by atoms with van der Waals surface area (Å²) in [6, 6.07) is 7.11. The van der Waals surface area contributed by atoms with Gasteiger partial charge in [0.15, 0.2) is 5.65 Å². The van der Waals surface area contributed by atoms with Gasteiger partial charge in [-0.15, -0.1) is 0 Å². The third kappa shape index (κ3) is 2.80. The highest BCUT2D eigenvalue weighted by molar-refractivity contribution is 6.33. The van der Waals surface area contributed by atoms with Crippen LogP contribution in [0.4, 0.5) is 5.69 Å². The van der Waals surface area contributed by atoms with E-state index in [-0.39, 0.29) is 5.56 Å². The van der Waals surface area contributed by atoms with Crippen molar-refractivity contribution in [3.05, 3.63) is 59.0 Å². The largest absolute Gasteiger partial charge is 0.365 e. The monoisotopic (exact) mass is 302 g/mol. The first kappa shape index (κ1) is 13.4. The maximum absolute atomic E-state index is 12.0. The Hall–Kier alpha value is -2.60. The summed E-state index contributed by atoms with van der Waals surface area (Å²) in [7, 11) is 0. The summed E-state index contributed by atoms with van der Waals surface area (Å²) in [5.41, 5.74) is 5.01. The molecule has 0 fully saturated rings. The van der Waals surface area contributed by atoms with Gasteiger partial charge in [-0.2, -0.15) is 5.10 Å². The van der Waals surface area contributed by atoms with Gasteiger partial charge in [-0.05, 0) is 24.6 Å². The zero-order valence-electron chi connectivity index (χ0n) is 11.1. The molecule has 0 amide bonds. The van der Waals surface area contributed by atoms with E-state index in [1.165, 1.54) is 10.7 Å². The molecule has 0 unspecified atom stereocenters. The van der Waals surface area contributed by atoms with Gasteiger partial charge in [-0.1, -0.05) is 17.7 Å². The van der Waals surface area contributed by atoms with Crippen LogP contribution in [0.25, 0.3) is 5.65 Å². The Morgan fingerprint density at radius 1 is 1.38 bits per heavy atom. The predicted octanol–water partition coefficient (Wildman–Crippen LogP) is 2.88. The second-order valence-electron chi connectivity index (χ2n) is 4.45. The van der Waals surface area contributed by atoms with E-state index in [0.717, 1.165) is 5.56 Å². The van der Waals surface area contributed by atoms with Crippen LogP contribution in [0, 0.1) is 6.92 Å². The van der Waals surface area contributed by atoms with Gasteiger partial charge in [-0.3, -0.25) is 0 Å². The topological polar surface area (TPSA) is 68.5 Å². The van der Waals surface area contributed by atoms with Gasteiger partial charge in [0.25, 0.3) is 0 Å². The lowest BCUT2D eigenvalue weighted by Gasteiger charge is -2.09. The molecule has 0 aliphatic heterocycles. The molecule has 0 saturated carbocycles. The highest BCUT2D eigenvalue weighted by atomic mass is 35.5. The lowest BCUT2D eigenvalue weighted by atomic mass is 10.2. The zero-order chi connectivity index (χ0) is 14.8. The number of rotatable bonds is 3. The first-order chi connectivity index (χ1) is 10.1. The van der Waals surface area contributed by atoms with E-state index in [2.05, 4.69) is 15.6 Å². The first-order valence-corrected chi connectivity index (χ1v) is 6.54. The van der Waals surface area contributed by atoms with Crippen LogP contribution in [-0.2, 0) is 4.84 Å². The lowest BCUT2D eigenvalue weighted by Crippen LogP contribution is -2.12. The van der Waals surface area contributed by atoms with Crippen LogP contribution in [0.5, 0.6) is 0 Å². The highest BCUT2D eigenvalue weighted by Gasteiger charge is 2.11. The smallest absolute Gasteiger partial charge is 0.338 e. The Morgan fingerprint density at radius 2 is 2.24 bits per heavy atom. The van der Waals surface area contributed by atoms with Gasteiger partial charge in [0.05, 0.1) is 22.5 Å². The SMILES string of the molecule is Cc1ccc(Cl)c(NOC(=O)c2cnc3ccnn3c2)c1. The molecule has 6 nitrogen and oxygen atoms in total. The summed E-state index contributed by atoms with van der Waals surface area (Å²) >= 11 is 6.01. The van der Waals surface area contributed by atoms with Gasteiger partial charge in [0, 0.05) is 18.5 Å². The first-order valence-electron chi connectivity index (χ1n) is 6.16. The fourth-order valence-corrected chi connectivity index (χ4v) is 1.95. The number of halogens is 1. The normalized spacial score (nSPS) is 10.6. The fraction of sp³-hybridized carbons (Fsp3) is 0.0714. The maximum atomic E-state index is 12.0. The molecule has 2 heterocycles. The number of carbonyl (C=O) groups is 1. The van der Waals surface area contributed by atoms with Gasteiger partial charge < -0.3 is 4.84 Å². The van der Waals surface area contributed by atoms with E-state index < -0.39 is 5.97 Å². The Morgan fingerprint density at radius 3 is 3.10 bits per heavy atom. The molecule has 0 aliphatic carbocycles. The number of nitrogens with zero attached hydrogens (tertiary/aromatic N) is 3. The Kier molecular flexibility index (Phi) is 3.45.